The summed E-state index contributed by atoms with van der Waals surface area (Å²) in [6.07, 6.45) is 2.31. The molecule has 10 rings (SSSR count). The molecule has 8 aromatic rings. The molecule has 0 fully saturated rings. The van der Waals surface area contributed by atoms with Crippen molar-refractivity contribution >= 4 is 61.7 Å². The number of para-hydroxylation sites is 4. The van der Waals surface area contributed by atoms with Crippen molar-refractivity contribution in [2.75, 3.05) is 11.4 Å². The fourth-order valence-electron chi connectivity index (χ4n) is 7.49. The van der Waals surface area contributed by atoms with Gasteiger partial charge >= 0.3 is 0 Å². The van der Waals surface area contributed by atoms with Gasteiger partial charge in [-0.15, -0.1) is 0 Å². The van der Waals surface area contributed by atoms with Crippen LogP contribution in [0.25, 0.3) is 61.3 Å². The van der Waals surface area contributed by atoms with Crippen LogP contribution in [0, 0.1) is 0 Å². The summed E-state index contributed by atoms with van der Waals surface area (Å²) in [5.41, 5.74) is 11.6. The predicted molar refractivity (Wildman–Crippen MR) is 202 cm³/mol. The lowest BCUT2D eigenvalue weighted by Gasteiger charge is -2.34. The van der Waals surface area contributed by atoms with Gasteiger partial charge in [-0.05, 0) is 77.0 Å². The van der Waals surface area contributed by atoms with E-state index in [1.54, 1.807) is 0 Å². The third-order valence-electron chi connectivity index (χ3n) is 9.50. The fourth-order valence-corrected chi connectivity index (χ4v) is 7.49. The van der Waals surface area contributed by atoms with Crippen LogP contribution in [0.1, 0.15) is 19.4 Å². The molecule has 4 heteroatoms. The molecular weight excluding hydrogens is 585 g/mol. The summed E-state index contributed by atoms with van der Waals surface area (Å²) in [6.45, 7) is 4.77. The molecular formula is C44H34N4. The summed E-state index contributed by atoms with van der Waals surface area (Å²) in [5, 5.41) is 9.87. The monoisotopic (exact) mass is 618 g/mol. The molecule has 48 heavy (non-hydrogen) atoms. The molecule has 0 aliphatic carbocycles. The quantitative estimate of drug-likeness (QED) is 0.214. The molecule has 0 radical (unpaired) electrons. The molecule has 2 aliphatic rings. The zero-order valence-electron chi connectivity index (χ0n) is 27.0. The van der Waals surface area contributed by atoms with Crippen molar-refractivity contribution in [3.63, 3.8) is 0 Å². The third-order valence-corrected chi connectivity index (χ3v) is 9.50. The number of anilines is 3. The van der Waals surface area contributed by atoms with Crippen molar-refractivity contribution in [2.24, 2.45) is 0 Å². The van der Waals surface area contributed by atoms with Crippen molar-refractivity contribution in [1.29, 1.82) is 0 Å². The molecule has 4 nitrogen and oxygen atoms in total. The van der Waals surface area contributed by atoms with Gasteiger partial charge in [0.05, 0.1) is 27.9 Å². The van der Waals surface area contributed by atoms with E-state index in [1.807, 2.05) is 13.8 Å². The van der Waals surface area contributed by atoms with E-state index in [2.05, 4.69) is 166 Å². The summed E-state index contributed by atoms with van der Waals surface area (Å²) in [4.78, 5) is 7.60. The lowest BCUT2D eigenvalue weighted by molar-refractivity contribution is 0.989. The maximum Gasteiger partial charge on any atom is 0.148 e. The van der Waals surface area contributed by atoms with Crippen molar-refractivity contribution in [1.82, 2.24) is 14.9 Å². The maximum atomic E-state index is 5.28. The summed E-state index contributed by atoms with van der Waals surface area (Å²) in [6, 6.07) is 52.2. The molecule has 0 amide bonds. The summed E-state index contributed by atoms with van der Waals surface area (Å²) < 4.78 is 2.37. The Labute approximate surface area is 279 Å². The highest BCUT2D eigenvalue weighted by Crippen LogP contribution is 2.42. The number of hydrogen-bond donors (Lipinski definition) is 1. The smallest absolute Gasteiger partial charge is 0.148 e. The normalized spacial score (nSPS) is 13.0. The first-order valence-corrected chi connectivity index (χ1v) is 16.8. The molecule has 2 aliphatic heterocycles. The molecule has 0 unspecified atom stereocenters. The van der Waals surface area contributed by atoms with E-state index >= 15 is 0 Å². The number of hydrogen-bond acceptors (Lipinski definition) is 3. The van der Waals surface area contributed by atoms with Gasteiger partial charge in [-0.3, -0.25) is 4.90 Å². The fraction of sp³-hybridized carbons (Fsp3) is 0.0682. The molecule has 2 aromatic heterocycles. The minimum atomic E-state index is 0.774. The number of fused-ring (bicyclic) bond motifs is 7. The summed E-state index contributed by atoms with van der Waals surface area (Å²) >= 11 is 0. The average Bonchev–Trinajstić information content (AvgIpc) is 3.50. The molecule has 0 saturated heterocycles. The summed E-state index contributed by atoms with van der Waals surface area (Å²) in [5.74, 6) is 0.966. The van der Waals surface area contributed by atoms with E-state index in [0.29, 0.717) is 0 Å². The Morgan fingerprint density at radius 2 is 1.23 bits per heavy atom. The van der Waals surface area contributed by atoms with Gasteiger partial charge < -0.3 is 9.88 Å². The highest BCUT2D eigenvalue weighted by Gasteiger charge is 2.29. The van der Waals surface area contributed by atoms with Crippen LogP contribution in [0.3, 0.4) is 0 Å². The number of nitrogens with zero attached hydrogens (tertiary/aromatic N) is 3. The van der Waals surface area contributed by atoms with Gasteiger partial charge in [-0.25, -0.2) is 4.98 Å². The highest BCUT2D eigenvalue weighted by molar-refractivity contribution is 6.10. The second-order valence-electron chi connectivity index (χ2n) is 12.0. The molecule has 4 heterocycles. The van der Waals surface area contributed by atoms with Crippen molar-refractivity contribution in [3.8, 4) is 16.8 Å². The first-order valence-electron chi connectivity index (χ1n) is 16.8. The Hall–Kier alpha value is -6.13. The van der Waals surface area contributed by atoms with Gasteiger partial charge in [0, 0.05) is 44.9 Å². The SMILES string of the molecule is C1=c2c3c(nc4ccccc24)N(c2ccccc2)c2ccc(-c4ccc5c(c4)c4ccccc4n5-c4ccccc4)cc2C=3NC1.CC. The largest absolute Gasteiger partial charge is 0.380 e. The van der Waals surface area contributed by atoms with Crippen molar-refractivity contribution in [3.05, 3.63) is 162 Å². The van der Waals surface area contributed by atoms with Crippen LogP contribution in [-0.4, -0.2) is 16.1 Å². The van der Waals surface area contributed by atoms with Crippen LogP contribution in [0.5, 0.6) is 0 Å². The van der Waals surface area contributed by atoms with Crippen LogP contribution < -0.4 is 20.7 Å². The third kappa shape index (κ3) is 4.19. The van der Waals surface area contributed by atoms with Gasteiger partial charge in [0.15, 0.2) is 0 Å². The zero-order valence-corrected chi connectivity index (χ0v) is 27.0. The molecule has 0 atom stereocenters. The Kier molecular flexibility index (Phi) is 6.61. The molecule has 230 valence electrons. The Morgan fingerprint density at radius 1 is 0.583 bits per heavy atom. The molecule has 6 aromatic carbocycles. The van der Waals surface area contributed by atoms with Crippen molar-refractivity contribution in [2.45, 2.75) is 13.8 Å². The predicted octanol–water partition coefficient (Wildman–Crippen LogP) is 9.35. The van der Waals surface area contributed by atoms with Gasteiger partial charge in [-0.2, -0.15) is 0 Å². The van der Waals surface area contributed by atoms with Gasteiger partial charge in [0.25, 0.3) is 0 Å². The topological polar surface area (TPSA) is 33.1 Å². The summed E-state index contributed by atoms with van der Waals surface area (Å²) in [7, 11) is 0. The van der Waals surface area contributed by atoms with E-state index in [9.17, 15) is 0 Å². The van der Waals surface area contributed by atoms with E-state index in [0.717, 1.165) is 35.0 Å². The Morgan fingerprint density at radius 3 is 2.04 bits per heavy atom. The standard InChI is InChI=1S/C42H28N4.C2H6/c1-3-11-29(12-4-1)45-37-18-10-8-16-32(37)34-25-27(19-21-38(34)45)28-20-22-39-35(26-28)41-40-33(23-24-43-41)31-15-7-9-17-36(31)44-42(40)46(39)30-13-5-2-6-14-30;1-2/h1-23,25-26,43H,24H2;1-2H3. The van der Waals surface area contributed by atoms with Gasteiger partial charge in [0.1, 0.15) is 5.82 Å². The minimum Gasteiger partial charge on any atom is -0.380 e. The maximum absolute atomic E-state index is 5.28. The molecule has 0 bridgehead atoms. The van der Waals surface area contributed by atoms with E-state index in [-0.39, 0.29) is 0 Å². The number of rotatable bonds is 3. The molecule has 0 saturated carbocycles. The lowest BCUT2D eigenvalue weighted by atomic mass is 9.93. The van der Waals surface area contributed by atoms with Crippen LogP contribution >= 0.6 is 0 Å². The highest BCUT2D eigenvalue weighted by atomic mass is 15.2. The Bertz CT molecular complexity index is 2640. The van der Waals surface area contributed by atoms with Gasteiger partial charge in [-0.1, -0.05) is 105 Å². The average molecular weight is 619 g/mol. The zero-order chi connectivity index (χ0) is 32.2. The van der Waals surface area contributed by atoms with Crippen LogP contribution in [0.2, 0.25) is 0 Å². The number of nitrogens with one attached hydrogen (secondary N) is 1. The van der Waals surface area contributed by atoms with Crippen LogP contribution in [-0.2, 0) is 0 Å². The van der Waals surface area contributed by atoms with E-state index in [1.165, 1.54) is 60.0 Å². The van der Waals surface area contributed by atoms with Crippen LogP contribution in [0.15, 0.2) is 146 Å². The Balaban J connectivity index is 0.00000154. The van der Waals surface area contributed by atoms with Gasteiger partial charge in [0.2, 0.25) is 0 Å². The first kappa shape index (κ1) is 28.1. The first-order chi connectivity index (χ1) is 23.8. The molecule has 1 N–H and O–H groups in total. The van der Waals surface area contributed by atoms with Crippen molar-refractivity contribution < 1.29 is 0 Å². The number of aromatic nitrogens is 2. The van der Waals surface area contributed by atoms with E-state index in [4.69, 9.17) is 4.98 Å². The lowest BCUT2D eigenvalue weighted by Crippen LogP contribution is -2.44. The second-order valence-corrected chi connectivity index (χ2v) is 12.0. The second kappa shape index (κ2) is 11.3. The number of pyridine rings is 1. The molecule has 0 spiro atoms. The minimum absolute atomic E-state index is 0.774. The van der Waals surface area contributed by atoms with E-state index < -0.39 is 0 Å². The number of benzene rings is 6. The van der Waals surface area contributed by atoms with Crippen LogP contribution in [0.4, 0.5) is 17.2 Å².